The van der Waals surface area contributed by atoms with Crippen LogP contribution in [-0.2, 0) is 0 Å². The molecule has 1 heteroatoms. The third kappa shape index (κ3) is 2.70. The van der Waals surface area contributed by atoms with Crippen LogP contribution in [0.25, 0.3) is 11.6 Å². The average Bonchev–Trinajstić information content (AvgIpc) is 3.26. The van der Waals surface area contributed by atoms with Crippen LogP contribution < -0.4 is 10.4 Å². The second-order valence-electron chi connectivity index (χ2n) is 11.6. The molecule has 0 unspecified atom stereocenters. The van der Waals surface area contributed by atoms with Gasteiger partial charge in [-0.1, -0.05) is 108 Å². The van der Waals surface area contributed by atoms with Crippen LogP contribution in [0.5, 0.6) is 0 Å². The van der Waals surface area contributed by atoms with Gasteiger partial charge in [-0.3, -0.25) is 0 Å². The number of allylic oxidation sites excluding steroid dienone is 8. The molecule has 0 fully saturated rings. The molecule has 0 atom stereocenters. The molecule has 3 aliphatic carbocycles. The smallest absolute Gasteiger partial charge is 0.0655 e. The van der Waals surface area contributed by atoms with Crippen molar-refractivity contribution < 1.29 is 0 Å². The van der Waals surface area contributed by atoms with Gasteiger partial charge in [0.05, 0.1) is 8.80 Å². The Balaban J connectivity index is 2.28. The molecule has 0 spiro atoms. The van der Waals surface area contributed by atoms with Gasteiger partial charge in [-0.15, -0.1) is 0 Å². The van der Waals surface area contributed by atoms with Crippen molar-refractivity contribution in [3.05, 3.63) is 80.4 Å². The van der Waals surface area contributed by atoms with Crippen LogP contribution in [0.1, 0.15) is 54.9 Å². The average molecular weight is 414 g/mol. The zero-order valence-corrected chi connectivity index (χ0v) is 21.5. The molecular weight excluding hydrogens is 376 g/mol. The standard InChI is InChI=1S/C29H37Si/c1-19-26(30(8)9)24(20-14-10-11-15-20)23-18-21-16-12-13-17-22(21)25(23)29(19,27(2,3)4)28(5,6)7/h10-14,16-17,30H,15H2,1-9H3. The lowest BCUT2D eigenvalue weighted by molar-refractivity contribution is 0.0637. The molecule has 3 aliphatic rings. The summed E-state index contributed by atoms with van der Waals surface area (Å²) in [6, 6.07) is 8.95. The predicted octanol–water partition coefficient (Wildman–Crippen LogP) is 6.13. The van der Waals surface area contributed by atoms with Gasteiger partial charge in [0, 0.05) is 5.41 Å². The van der Waals surface area contributed by atoms with Gasteiger partial charge in [0.1, 0.15) is 0 Å². The molecule has 4 rings (SSSR count). The van der Waals surface area contributed by atoms with Crippen molar-refractivity contribution >= 4 is 20.4 Å². The Morgan fingerprint density at radius 1 is 0.967 bits per heavy atom. The van der Waals surface area contributed by atoms with Crippen molar-refractivity contribution in [3.63, 3.8) is 0 Å². The highest BCUT2D eigenvalue weighted by Crippen LogP contribution is 2.66. The summed E-state index contributed by atoms with van der Waals surface area (Å²) >= 11 is 0. The van der Waals surface area contributed by atoms with E-state index in [1.54, 1.807) is 10.8 Å². The SMILES string of the molecule is CC1=C([SiH](C)C)C(C2=CC=CC2)=C2[C]=c3ccccc3=C2C1(C(C)(C)C)C(C)(C)C. The summed E-state index contributed by atoms with van der Waals surface area (Å²) in [5, 5.41) is 4.34. The lowest BCUT2D eigenvalue weighted by atomic mass is 9.45. The molecule has 0 saturated heterocycles. The topological polar surface area (TPSA) is 0 Å². The summed E-state index contributed by atoms with van der Waals surface area (Å²) in [4.78, 5) is 0. The second-order valence-corrected chi connectivity index (χ2v) is 14.4. The first-order valence-electron chi connectivity index (χ1n) is 11.5. The van der Waals surface area contributed by atoms with Gasteiger partial charge in [-0.2, -0.15) is 0 Å². The number of rotatable bonds is 2. The molecule has 0 aliphatic heterocycles. The van der Waals surface area contributed by atoms with Crippen molar-refractivity contribution in [2.75, 3.05) is 0 Å². The summed E-state index contributed by atoms with van der Waals surface area (Å²) in [5.74, 6) is 0. The molecule has 0 N–H and O–H groups in total. The van der Waals surface area contributed by atoms with Gasteiger partial charge in [0.25, 0.3) is 0 Å². The van der Waals surface area contributed by atoms with E-state index >= 15 is 0 Å². The monoisotopic (exact) mass is 413 g/mol. The van der Waals surface area contributed by atoms with E-state index in [0.717, 1.165) is 6.42 Å². The Labute approximate surface area is 185 Å². The molecular formula is C29H37Si. The minimum atomic E-state index is -1.10. The molecule has 0 heterocycles. The van der Waals surface area contributed by atoms with Crippen molar-refractivity contribution in [1.82, 2.24) is 0 Å². The summed E-state index contributed by atoms with van der Waals surface area (Å²) in [5.41, 5.74) is 7.63. The molecule has 0 amide bonds. The Hall–Kier alpha value is -1.86. The normalized spacial score (nSPS) is 20.6. The predicted molar refractivity (Wildman–Crippen MR) is 134 cm³/mol. The van der Waals surface area contributed by atoms with Crippen LogP contribution in [0.4, 0.5) is 0 Å². The molecule has 1 radical (unpaired) electrons. The van der Waals surface area contributed by atoms with Crippen LogP contribution in [0, 0.1) is 16.2 Å². The van der Waals surface area contributed by atoms with Gasteiger partial charge in [0.2, 0.25) is 0 Å². The minimum absolute atomic E-state index is 0.0440. The van der Waals surface area contributed by atoms with E-state index in [1.807, 2.05) is 0 Å². The maximum Gasteiger partial charge on any atom is 0.0655 e. The molecule has 0 bridgehead atoms. The van der Waals surface area contributed by atoms with Crippen LogP contribution in [0.2, 0.25) is 13.1 Å². The lowest BCUT2D eigenvalue weighted by Gasteiger charge is -2.59. The maximum absolute atomic E-state index is 3.93. The van der Waals surface area contributed by atoms with E-state index < -0.39 is 8.80 Å². The zero-order chi connectivity index (χ0) is 22.1. The van der Waals surface area contributed by atoms with Crippen LogP contribution >= 0.6 is 0 Å². The molecule has 0 saturated carbocycles. The second kappa shape index (κ2) is 6.82. The highest BCUT2D eigenvalue weighted by molar-refractivity contribution is 6.66. The summed E-state index contributed by atoms with van der Waals surface area (Å²) in [6.45, 7) is 22.2. The number of hydrogen-bond acceptors (Lipinski definition) is 0. The van der Waals surface area contributed by atoms with Crippen LogP contribution in [0.3, 0.4) is 0 Å². The third-order valence-electron chi connectivity index (χ3n) is 7.49. The maximum atomic E-state index is 3.93. The summed E-state index contributed by atoms with van der Waals surface area (Å²) in [7, 11) is -1.10. The van der Waals surface area contributed by atoms with Crippen LogP contribution in [-0.4, -0.2) is 8.80 Å². The Kier molecular flexibility index (Phi) is 4.86. The Morgan fingerprint density at radius 2 is 1.60 bits per heavy atom. The zero-order valence-electron chi connectivity index (χ0n) is 20.3. The first-order chi connectivity index (χ1) is 13.9. The van der Waals surface area contributed by atoms with Gasteiger partial charge in [-0.05, 0) is 63.0 Å². The molecule has 0 aromatic heterocycles. The molecule has 30 heavy (non-hydrogen) atoms. The van der Waals surface area contributed by atoms with Gasteiger partial charge in [0.15, 0.2) is 0 Å². The number of hydrogen-bond donors (Lipinski definition) is 0. The molecule has 157 valence electrons. The van der Waals surface area contributed by atoms with E-state index in [1.165, 1.54) is 32.7 Å². The molecule has 1 aromatic carbocycles. The largest absolute Gasteiger partial charge is 0.0801 e. The van der Waals surface area contributed by atoms with Gasteiger partial charge in [-0.25, -0.2) is 0 Å². The van der Waals surface area contributed by atoms with E-state index in [2.05, 4.69) is 110 Å². The van der Waals surface area contributed by atoms with E-state index in [9.17, 15) is 0 Å². The number of fused-ring (bicyclic) bond motifs is 2. The first-order valence-corrected chi connectivity index (χ1v) is 14.4. The van der Waals surface area contributed by atoms with Crippen molar-refractivity contribution in [1.29, 1.82) is 0 Å². The minimum Gasteiger partial charge on any atom is -0.0801 e. The van der Waals surface area contributed by atoms with E-state index in [4.69, 9.17) is 0 Å². The summed E-state index contributed by atoms with van der Waals surface area (Å²) < 4.78 is 0. The van der Waals surface area contributed by atoms with Crippen molar-refractivity contribution in [2.24, 2.45) is 16.2 Å². The highest BCUT2D eigenvalue weighted by atomic mass is 28.3. The fourth-order valence-corrected chi connectivity index (χ4v) is 9.11. The quantitative estimate of drug-likeness (QED) is 0.512. The van der Waals surface area contributed by atoms with Gasteiger partial charge < -0.3 is 0 Å². The molecule has 0 nitrogen and oxygen atoms in total. The fourth-order valence-electron chi connectivity index (χ4n) is 7.12. The first kappa shape index (κ1) is 21.4. The van der Waals surface area contributed by atoms with Crippen LogP contribution in [0.15, 0.2) is 70.0 Å². The summed E-state index contributed by atoms with van der Waals surface area (Å²) in [6.07, 6.45) is 11.8. The third-order valence-corrected chi connectivity index (χ3v) is 9.36. The highest BCUT2D eigenvalue weighted by Gasteiger charge is 2.58. The van der Waals surface area contributed by atoms with E-state index in [-0.39, 0.29) is 16.2 Å². The van der Waals surface area contributed by atoms with Crippen molar-refractivity contribution in [2.45, 2.75) is 68.0 Å². The Morgan fingerprint density at radius 3 is 2.13 bits per heavy atom. The van der Waals surface area contributed by atoms with E-state index in [0.29, 0.717) is 0 Å². The number of benzene rings is 1. The van der Waals surface area contributed by atoms with Gasteiger partial charge >= 0.3 is 0 Å². The van der Waals surface area contributed by atoms with Crippen molar-refractivity contribution in [3.8, 4) is 0 Å². The lowest BCUT2D eigenvalue weighted by Crippen LogP contribution is -2.52. The Bertz CT molecular complexity index is 1130. The molecule has 1 aromatic rings. The fraction of sp³-hybridized carbons (Fsp3) is 0.448.